The highest BCUT2D eigenvalue weighted by molar-refractivity contribution is 7.99. The normalized spacial score (nSPS) is 18.9. The zero-order valence-electron chi connectivity index (χ0n) is 39.7. The Hall–Kier alpha value is -4.42. The second-order valence-electron chi connectivity index (χ2n) is 18.7. The number of aromatic nitrogens is 1. The van der Waals surface area contributed by atoms with E-state index in [1.807, 2.05) is 84.6 Å². The fraction of sp³-hybridized carbons (Fsp3) is 0.407. The third-order valence-electron chi connectivity index (χ3n) is 13.7. The predicted molar refractivity (Wildman–Crippen MR) is 276 cm³/mol. The van der Waals surface area contributed by atoms with Gasteiger partial charge in [-0.25, -0.2) is 4.79 Å². The number of aromatic amines is 1. The number of hydrogen-bond donors (Lipinski definition) is 6. The second kappa shape index (κ2) is 24.8. The van der Waals surface area contributed by atoms with Crippen LogP contribution in [-0.4, -0.2) is 108 Å². The molecule has 6 aromatic rings. The lowest BCUT2D eigenvalue weighted by molar-refractivity contribution is -0.919. The number of carbonyl (C=O) groups excluding carboxylic acids is 1. The van der Waals surface area contributed by atoms with Gasteiger partial charge >= 0.3 is 10.8 Å². The Balaban J connectivity index is 0.000000208. The van der Waals surface area contributed by atoms with Crippen molar-refractivity contribution >= 4 is 50.9 Å². The number of aromatic hydroxyl groups is 1. The quantitative estimate of drug-likeness (QED) is 0.0293. The van der Waals surface area contributed by atoms with Gasteiger partial charge in [0.05, 0.1) is 44.1 Å². The van der Waals surface area contributed by atoms with Gasteiger partial charge in [0.1, 0.15) is 34.6 Å². The Bertz CT molecular complexity index is 2660. The number of hydrogen-bond acceptors (Lipinski definition) is 12. The molecule has 374 valence electrons. The first-order valence-electron chi connectivity index (χ1n) is 24.0. The molecule has 2 bridgehead atoms. The number of phenols is 1. The number of quaternary nitrogens is 1. The molecule has 0 saturated heterocycles. The Labute approximate surface area is 434 Å². The SMILES string of the molecule is C[N+](C)(CCCOc1ccccc1)C1C2CC[C@@H]1[C@H](OC(=O)C1(O)c3ccccc3Oc3ccccc31)C2.O=c1[nH]c2c(O)ccc([C@@H](O)CNCCSCCCNCCc3ccccc3Cl)c2s1.[Br-]. The summed E-state index contributed by atoms with van der Waals surface area (Å²) in [4.78, 5) is 27.8. The van der Waals surface area contributed by atoms with E-state index < -0.39 is 17.7 Å². The first kappa shape index (κ1) is 53.4. The Morgan fingerprint density at radius 2 is 1.60 bits per heavy atom. The van der Waals surface area contributed by atoms with Crippen LogP contribution in [0.1, 0.15) is 60.5 Å². The zero-order chi connectivity index (χ0) is 48.4. The number of halogens is 2. The van der Waals surface area contributed by atoms with Gasteiger partial charge in [-0.2, -0.15) is 11.8 Å². The summed E-state index contributed by atoms with van der Waals surface area (Å²) in [5.41, 5.74) is 1.18. The molecule has 1 aliphatic heterocycles. The fourth-order valence-electron chi connectivity index (χ4n) is 10.4. The van der Waals surface area contributed by atoms with E-state index in [4.69, 9.17) is 25.8 Å². The minimum atomic E-state index is -1.90. The van der Waals surface area contributed by atoms with E-state index in [9.17, 15) is 24.9 Å². The summed E-state index contributed by atoms with van der Waals surface area (Å²) in [6.07, 6.45) is 5.12. The highest BCUT2D eigenvalue weighted by atomic mass is 79.9. The van der Waals surface area contributed by atoms with Crippen LogP contribution in [0.2, 0.25) is 5.02 Å². The van der Waals surface area contributed by atoms with E-state index >= 15 is 0 Å². The summed E-state index contributed by atoms with van der Waals surface area (Å²) < 4.78 is 19.6. The van der Waals surface area contributed by atoms with Crippen LogP contribution < -0.4 is 42.0 Å². The van der Waals surface area contributed by atoms with Crippen molar-refractivity contribution in [3.8, 4) is 23.0 Å². The van der Waals surface area contributed by atoms with E-state index in [0.717, 1.165) is 103 Å². The van der Waals surface area contributed by atoms with Gasteiger partial charge in [-0.3, -0.25) is 4.79 Å². The van der Waals surface area contributed by atoms with Crippen LogP contribution in [-0.2, 0) is 21.6 Å². The Morgan fingerprint density at radius 3 is 2.34 bits per heavy atom. The summed E-state index contributed by atoms with van der Waals surface area (Å²) in [5, 5.41) is 39.8. The van der Waals surface area contributed by atoms with Gasteiger partial charge in [-0.05, 0) is 92.9 Å². The molecule has 5 aromatic carbocycles. The molecule has 16 heteroatoms. The molecule has 2 heterocycles. The van der Waals surface area contributed by atoms with Crippen molar-refractivity contribution in [2.24, 2.45) is 11.8 Å². The van der Waals surface area contributed by atoms with Gasteiger partial charge in [0, 0.05) is 58.8 Å². The molecule has 2 saturated carbocycles. The van der Waals surface area contributed by atoms with Crippen LogP contribution in [0, 0.1) is 11.8 Å². The van der Waals surface area contributed by atoms with Crippen molar-refractivity contribution in [1.82, 2.24) is 15.6 Å². The molecule has 1 aromatic heterocycles. The lowest BCUT2D eigenvalue weighted by atomic mass is 9.83. The number of nitrogens with one attached hydrogen (secondary N) is 3. The third kappa shape index (κ3) is 12.6. The smallest absolute Gasteiger partial charge is 0.348 e. The van der Waals surface area contributed by atoms with Crippen molar-refractivity contribution < 1.29 is 55.8 Å². The lowest BCUT2D eigenvalue weighted by Crippen LogP contribution is -3.00. The molecule has 2 aliphatic carbocycles. The van der Waals surface area contributed by atoms with Crippen molar-refractivity contribution in [2.45, 2.75) is 62.4 Å². The summed E-state index contributed by atoms with van der Waals surface area (Å²) in [5.74, 6) is 4.10. The van der Waals surface area contributed by atoms with Crippen LogP contribution in [0.25, 0.3) is 10.2 Å². The lowest BCUT2D eigenvalue weighted by Gasteiger charge is -2.39. The minimum absolute atomic E-state index is 0. The first-order valence-corrected chi connectivity index (χ1v) is 26.3. The van der Waals surface area contributed by atoms with Crippen molar-refractivity contribution in [2.75, 3.05) is 64.9 Å². The van der Waals surface area contributed by atoms with Gasteiger partial charge in [0.15, 0.2) is 0 Å². The number of fused-ring (bicyclic) bond motifs is 5. The molecule has 0 radical (unpaired) electrons. The number of rotatable bonds is 21. The van der Waals surface area contributed by atoms with E-state index in [1.54, 1.807) is 30.3 Å². The number of nitrogens with zero attached hydrogens (tertiary/aromatic N) is 1. The number of H-pyrrole nitrogens is 1. The van der Waals surface area contributed by atoms with E-state index in [1.165, 1.54) is 11.6 Å². The van der Waals surface area contributed by atoms with E-state index in [-0.39, 0.29) is 39.6 Å². The Kier molecular flexibility index (Phi) is 18.9. The predicted octanol–water partition coefficient (Wildman–Crippen LogP) is 5.82. The molecule has 5 atom stereocenters. The fourth-order valence-corrected chi connectivity index (χ4v) is 12.4. The number of aliphatic hydroxyl groups excluding tert-OH is 1. The molecule has 3 aliphatic rings. The Morgan fingerprint density at radius 1 is 0.900 bits per heavy atom. The topological polar surface area (TPSA) is 162 Å². The van der Waals surface area contributed by atoms with Crippen molar-refractivity contribution in [1.29, 1.82) is 0 Å². The monoisotopic (exact) mass is 1070 g/mol. The standard InChI is InChI=1S/C32H36NO5.C22H28ClN3O3S2.BrH/c1-33(2,19-10-20-36-23-11-4-3-5-12-23)30-22-17-18-24(30)29(21-22)38-31(34)32(35)25-13-6-8-15-27(25)37-28-16-9-7-14-26(28)32;23-17-5-2-1-4-15(17)8-10-24-9-3-12-30-13-11-25-14-19(28)16-6-7-18(27)20-21(16)31-22(29)26-20;/h3-9,11-16,22,24,29-30,35H,10,17-21H2,1-2H3;1-2,4-7,19,24-25,27-28H,3,8-14H2,(H,26,29);1H/q+1;;/p-1/t22?,24-,29-,30?;19-;/m10./s1. The molecule has 9 rings (SSSR count). The number of para-hydroxylation sites is 3. The number of ether oxygens (including phenoxy) is 3. The van der Waals surface area contributed by atoms with Crippen LogP contribution in [0.5, 0.6) is 23.0 Å². The maximum atomic E-state index is 13.8. The number of thioether (sulfide) groups is 1. The van der Waals surface area contributed by atoms with Crippen molar-refractivity contribution in [3.05, 3.63) is 152 Å². The summed E-state index contributed by atoms with van der Waals surface area (Å²) in [6, 6.07) is 35.8. The molecular weight excluding hydrogens is 1010 g/mol. The van der Waals surface area contributed by atoms with Gasteiger partial charge in [-0.1, -0.05) is 102 Å². The molecule has 6 N–H and O–H groups in total. The number of carbonyl (C=O) groups is 1. The average molecular weight is 1080 g/mol. The number of aliphatic hydroxyl groups is 2. The van der Waals surface area contributed by atoms with E-state index in [2.05, 4.69) is 35.8 Å². The van der Waals surface area contributed by atoms with Crippen LogP contribution in [0.3, 0.4) is 0 Å². The molecule has 0 spiro atoms. The molecular formula is C54H64BrClN4O8S2. The molecule has 2 fully saturated rings. The van der Waals surface area contributed by atoms with Crippen LogP contribution in [0.4, 0.5) is 0 Å². The molecule has 12 nitrogen and oxygen atoms in total. The van der Waals surface area contributed by atoms with Crippen molar-refractivity contribution in [3.63, 3.8) is 0 Å². The maximum absolute atomic E-state index is 13.8. The highest BCUT2D eigenvalue weighted by Crippen LogP contribution is 2.52. The third-order valence-corrected chi connectivity index (χ3v) is 16.1. The summed E-state index contributed by atoms with van der Waals surface area (Å²) in [7, 11) is 4.59. The van der Waals surface area contributed by atoms with Crippen LogP contribution >= 0.6 is 34.7 Å². The van der Waals surface area contributed by atoms with Gasteiger partial charge < -0.3 is 66.6 Å². The average Bonchev–Trinajstić information content (AvgIpc) is 4.07. The first-order chi connectivity index (χ1) is 33.4. The van der Waals surface area contributed by atoms with Crippen LogP contribution in [0.15, 0.2) is 120 Å². The highest BCUT2D eigenvalue weighted by Gasteiger charge is 2.58. The van der Waals surface area contributed by atoms with Gasteiger partial charge in [0.2, 0.25) is 5.60 Å². The summed E-state index contributed by atoms with van der Waals surface area (Å²) in [6.45, 7) is 4.78. The number of phenolic OH excluding ortho intramolecular Hbond substituents is 1. The van der Waals surface area contributed by atoms with E-state index in [0.29, 0.717) is 63.5 Å². The molecule has 0 amide bonds. The molecule has 2 unspecified atom stereocenters. The zero-order valence-corrected chi connectivity index (χ0v) is 43.6. The summed E-state index contributed by atoms with van der Waals surface area (Å²) >= 11 is 9.04. The minimum Gasteiger partial charge on any atom is -1.00 e. The van der Waals surface area contributed by atoms with Gasteiger partial charge in [0.25, 0.3) is 0 Å². The largest absolute Gasteiger partial charge is 1.00 e. The second-order valence-corrected chi connectivity index (χ2v) is 21.3. The number of benzene rings is 5. The van der Waals surface area contributed by atoms with Gasteiger partial charge in [-0.15, -0.1) is 0 Å². The number of esters is 1. The number of thiazole rings is 1. The molecule has 70 heavy (non-hydrogen) atoms. The maximum Gasteiger partial charge on any atom is 0.348 e.